The molecule has 0 aliphatic carbocycles. The average Bonchev–Trinajstić information content (AvgIpc) is 2.60. The largest absolute Gasteiger partial charge is 0.491 e. The van der Waals surface area contributed by atoms with E-state index in [-0.39, 0.29) is 0 Å². The second kappa shape index (κ2) is 9.98. The van der Waals surface area contributed by atoms with Gasteiger partial charge in [-0.2, -0.15) is 0 Å². The van der Waals surface area contributed by atoms with Crippen molar-refractivity contribution in [3.63, 3.8) is 0 Å². The highest BCUT2D eigenvalue weighted by molar-refractivity contribution is 5.55. The topological polar surface area (TPSA) is 35.0 Å². The molecular formula is C20H28N2O. The number of hydrogen-bond donors (Lipinski definition) is 0. The fourth-order valence-corrected chi connectivity index (χ4v) is 2.64. The van der Waals surface area contributed by atoms with Crippen molar-refractivity contribution in [3.05, 3.63) is 42.2 Å². The first kappa shape index (κ1) is 17.5. The Balaban J connectivity index is 1.81. The summed E-state index contributed by atoms with van der Waals surface area (Å²) < 4.78 is 5.37. The maximum absolute atomic E-state index is 5.37. The summed E-state index contributed by atoms with van der Waals surface area (Å²) >= 11 is 0. The third-order valence-corrected chi connectivity index (χ3v) is 3.97. The van der Waals surface area contributed by atoms with E-state index in [4.69, 9.17) is 4.74 Å². The Kier molecular flexibility index (Phi) is 7.58. The van der Waals surface area contributed by atoms with Crippen LogP contribution in [0.15, 0.2) is 36.7 Å². The lowest BCUT2D eigenvalue weighted by Crippen LogP contribution is -1.95. The Morgan fingerprint density at radius 3 is 2.13 bits per heavy atom. The van der Waals surface area contributed by atoms with Crippen LogP contribution in [-0.2, 0) is 6.42 Å². The van der Waals surface area contributed by atoms with Gasteiger partial charge in [-0.3, -0.25) is 0 Å². The number of ether oxygens (including phenoxy) is 1. The Morgan fingerprint density at radius 2 is 1.48 bits per heavy atom. The molecule has 23 heavy (non-hydrogen) atoms. The fraction of sp³-hybridized carbons (Fsp3) is 0.500. The zero-order chi connectivity index (χ0) is 16.3. The van der Waals surface area contributed by atoms with Crippen molar-refractivity contribution in [2.45, 2.75) is 58.8 Å². The van der Waals surface area contributed by atoms with Crippen LogP contribution in [0, 0.1) is 0 Å². The molecule has 0 spiro atoms. The van der Waals surface area contributed by atoms with Crippen LogP contribution in [0.3, 0.4) is 0 Å². The molecule has 3 heteroatoms. The minimum Gasteiger partial charge on any atom is -0.491 e. The Labute approximate surface area is 140 Å². The molecule has 2 rings (SSSR count). The van der Waals surface area contributed by atoms with Crippen LogP contribution in [0.5, 0.6) is 5.75 Å². The summed E-state index contributed by atoms with van der Waals surface area (Å²) in [6, 6.07) is 8.62. The fourth-order valence-electron chi connectivity index (χ4n) is 2.64. The standard InChI is InChI=1S/C20H28N2O/c1-3-5-6-7-8-9-10-17-11-13-18(14-12-17)20-21-15-19(16-22-20)23-4-2/h11-16H,3-10H2,1-2H3. The summed E-state index contributed by atoms with van der Waals surface area (Å²) in [4.78, 5) is 8.73. The number of unbranched alkanes of at least 4 members (excludes halogenated alkanes) is 5. The van der Waals surface area contributed by atoms with E-state index in [0.717, 1.165) is 23.6 Å². The van der Waals surface area contributed by atoms with Crippen molar-refractivity contribution >= 4 is 0 Å². The van der Waals surface area contributed by atoms with Crippen molar-refractivity contribution in [3.8, 4) is 17.1 Å². The van der Waals surface area contributed by atoms with Crippen molar-refractivity contribution in [1.82, 2.24) is 9.97 Å². The number of aryl methyl sites for hydroxylation is 1. The summed E-state index contributed by atoms with van der Waals surface area (Å²) in [6.07, 6.45) is 12.7. The van der Waals surface area contributed by atoms with Gasteiger partial charge in [-0.1, -0.05) is 63.3 Å². The molecule has 0 amide bonds. The van der Waals surface area contributed by atoms with Crippen LogP contribution in [0.25, 0.3) is 11.4 Å². The number of benzene rings is 1. The van der Waals surface area contributed by atoms with Gasteiger partial charge in [0, 0.05) is 5.56 Å². The molecule has 0 saturated carbocycles. The molecule has 0 radical (unpaired) electrons. The molecule has 2 aromatic rings. The quantitative estimate of drug-likeness (QED) is 0.547. The van der Waals surface area contributed by atoms with Crippen molar-refractivity contribution in [1.29, 1.82) is 0 Å². The smallest absolute Gasteiger partial charge is 0.159 e. The summed E-state index contributed by atoms with van der Waals surface area (Å²) in [7, 11) is 0. The Bertz CT molecular complexity index is 549. The van der Waals surface area contributed by atoms with E-state index in [2.05, 4.69) is 41.2 Å². The number of nitrogens with zero attached hydrogens (tertiary/aromatic N) is 2. The Hall–Kier alpha value is -1.90. The maximum Gasteiger partial charge on any atom is 0.159 e. The molecule has 1 aromatic carbocycles. The van der Waals surface area contributed by atoms with E-state index in [1.807, 2.05) is 6.92 Å². The van der Waals surface area contributed by atoms with Gasteiger partial charge in [0.05, 0.1) is 19.0 Å². The summed E-state index contributed by atoms with van der Waals surface area (Å²) in [6.45, 7) is 4.85. The van der Waals surface area contributed by atoms with Gasteiger partial charge >= 0.3 is 0 Å². The molecule has 0 atom stereocenters. The lowest BCUT2D eigenvalue weighted by atomic mass is 10.0. The van der Waals surface area contributed by atoms with Gasteiger partial charge in [-0.05, 0) is 25.3 Å². The highest BCUT2D eigenvalue weighted by Gasteiger charge is 2.02. The van der Waals surface area contributed by atoms with E-state index in [0.29, 0.717) is 6.61 Å². The predicted octanol–water partition coefficient (Wildman–Crippen LogP) is 5.45. The molecule has 124 valence electrons. The Morgan fingerprint density at radius 1 is 0.826 bits per heavy atom. The van der Waals surface area contributed by atoms with E-state index in [1.54, 1.807) is 12.4 Å². The summed E-state index contributed by atoms with van der Waals surface area (Å²) in [5, 5.41) is 0. The lowest BCUT2D eigenvalue weighted by molar-refractivity contribution is 0.337. The predicted molar refractivity (Wildman–Crippen MR) is 95.7 cm³/mol. The maximum atomic E-state index is 5.37. The molecule has 0 aliphatic rings. The van der Waals surface area contributed by atoms with Gasteiger partial charge < -0.3 is 4.74 Å². The monoisotopic (exact) mass is 312 g/mol. The first-order chi connectivity index (χ1) is 11.3. The molecule has 1 heterocycles. The molecule has 0 aliphatic heterocycles. The van der Waals surface area contributed by atoms with Gasteiger partial charge in [-0.25, -0.2) is 9.97 Å². The first-order valence-corrected chi connectivity index (χ1v) is 8.87. The summed E-state index contributed by atoms with van der Waals surface area (Å²) in [5.41, 5.74) is 2.45. The lowest BCUT2D eigenvalue weighted by Gasteiger charge is -2.05. The van der Waals surface area contributed by atoms with E-state index >= 15 is 0 Å². The molecule has 0 N–H and O–H groups in total. The molecule has 0 unspecified atom stereocenters. The van der Waals surface area contributed by atoms with E-state index < -0.39 is 0 Å². The van der Waals surface area contributed by atoms with E-state index in [9.17, 15) is 0 Å². The van der Waals surface area contributed by atoms with Crippen molar-refractivity contribution < 1.29 is 4.74 Å². The molecule has 3 nitrogen and oxygen atoms in total. The van der Waals surface area contributed by atoms with Gasteiger partial charge in [0.15, 0.2) is 11.6 Å². The van der Waals surface area contributed by atoms with Crippen molar-refractivity contribution in [2.75, 3.05) is 6.61 Å². The van der Waals surface area contributed by atoms with E-state index in [1.165, 1.54) is 44.1 Å². The highest BCUT2D eigenvalue weighted by Crippen LogP contribution is 2.18. The molecule has 0 bridgehead atoms. The average molecular weight is 312 g/mol. The minimum atomic E-state index is 0.635. The van der Waals surface area contributed by atoms with Crippen molar-refractivity contribution in [2.24, 2.45) is 0 Å². The SMILES string of the molecule is CCCCCCCCc1ccc(-c2ncc(OCC)cn2)cc1. The second-order valence-electron chi connectivity index (χ2n) is 5.89. The normalized spacial score (nSPS) is 10.7. The van der Waals surface area contributed by atoms with Gasteiger partial charge in [0.25, 0.3) is 0 Å². The van der Waals surface area contributed by atoms with Crippen LogP contribution in [0.1, 0.15) is 57.9 Å². The number of hydrogen-bond acceptors (Lipinski definition) is 3. The molecular weight excluding hydrogens is 284 g/mol. The molecule has 1 aromatic heterocycles. The first-order valence-electron chi connectivity index (χ1n) is 8.87. The van der Waals surface area contributed by atoms with Crippen LogP contribution in [-0.4, -0.2) is 16.6 Å². The molecule has 0 fully saturated rings. The minimum absolute atomic E-state index is 0.635. The van der Waals surface area contributed by atoms with Crippen LogP contribution >= 0.6 is 0 Å². The number of rotatable bonds is 10. The zero-order valence-corrected chi connectivity index (χ0v) is 14.4. The second-order valence-corrected chi connectivity index (χ2v) is 5.89. The molecule has 0 saturated heterocycles. The van der Waals surface area contributed by atoms with Gasteiger partial charge in [0.1, 0.15) is 0 Å². The van der Waals surface area contributed by atoms with Crippen LogP contribution < -0.4 is 4.74 Å². The van der Waals surface area contributed by atoms with Crippen LogP contribution in [0.2, 0.25) is 0 Å². The van der Waals surface area contributed by atoms with Gasteiger partial charge in [-0.15, -0.1) is 0 Å². The number of aromatic nitrogens is 2. The third-order valence-electron chi connectivity index (χ3n) is 3.97. The van der Waals surface area contributed by atoms with Crippen LogP contribution in [0.4, 0.5) is 0 Å². The third kappa shape index (κ3) is 6.01. The highest BCUT2D eigenvalue weighted by atomic mass is 16.5. The zero-order valence-electron chi connectivity index (χ0n) is 14.4. The van der Waals surface area contributed by atoms with Gasteiger partial charge in [0.2, 0.25) is 0 Å². The summed E-state index contributed by atoms with van der Waals surface area (Å²) in [5.74, 6) is 1.47.